The SMILES string of the molecule is CC(C)Cc1cc(C(=O)Nc2ccc3c(c2)NC(=O)C(C)O3)n[nH]1. The number of fused-ring (bicyclic) bond motifs is 1. The fourth-order valence-corrected chi connectivity index (χ4v) is 2.50. The van der Waals surface area contributed by atoms with Crippen molar-refractivity contribution in [2.24, 2.45) is 5.92 Å². The molecular formula is C17H20N4O3. The van der Waals surface area contributed by atoms with E-state index in [1.54, 1.807) is 31.2 Å². The fraction of sp³-hybridized carbons (Fsp3) is 0.353. The van der Waals surface area contributed by atoms with Gasteiger partial charge in [-0.3, -0.25) is 14.7 Å². The summed E-state index contributed by atoms with van der Waals surface area (Å²) < 4.78 is 5.49. The highest BCUT2D eigenvalue weighted by atomic mass is 16.5. The third kappa shape index (κ3) is 3.40. The van der Waals surface area contributed by atoms with Crippen molar-refractivity contribution < 1.29 is 14.3 Å². The van der Waals surface area contributed by atoms with Gasteiger partial charge in [0, 0.05) is 11.4 Å². The summed E-state index contributed by atoms with van der Waals surface area (Å²) in [5.41, 5.74) is 2.36. The first-order valence-corrected chi connectivity index (χ1v) is 7.89. The standard InChI is InChI=1S/C17H20N4O3/c1-9(2)6-12-8-14(21-20-12)17(23)18-11-4-5-15-13(7-11)19-16(22)10(3)24-15/h4-5,7-10H,6H2,1-3H3,(H,18,23)(H,19,22)(H,20,21). The van der Waals surface area contributed by atoms with E-state index in [1.807, 2.05) is 0 Å². The second-order valence-electron chi connectivity index (χ2n) is 6.29. The van der Waals surface area contributed by atoms with Gasteiger partial charge >= 0.3 is 0 Å². The second kappa shape index (κ2) is 6.35. The number of hydrogen-bond donors (Lipinski definition) is 3. The first-order valence-electron chi connectivity index (χ1n) is 7.89. The van der Waals surface area contributed by atoms with Crippen LogP contribution in [0.25, 0.3) is 0 Å². The highest BCUT2D eigenvalue weighted by Crippen LogP contribution is 2.32. The van der Waals surface area contributed by atoms with Crippen LogP contribution in [0.5, 0.6) is 5.75 Å². The zero-order valence-electron chi connectivity index (χ0n) is 13.8. The van der Waals surface area contributed by atoms with Crippen LogP contribution in [0.1, 0.15) is 37.0 Å². The molecule has 1 unspecified atom stereocenters. The van der Waals surface area contributed by atoms with Gasteiger partial charge in [0.15, 0.2) is 11.8 Å². The molecule has 0 bridgehead atoms. The summed E-state index contributed by atoms with van der Waals surface area (Å²) in [6.07, 6.45) is 0.308. The Morgan fingerprint density at radius 1 is 1.38 bits per heavy atom. The Labute approximate surface area is 139 Å². The minimum Gasteiger partial charge on any atom is -0.479 e. The maximum Gasteiger partial charge on any atom is 0.276 e. The van der Waals surface area contributed by atoms with E-state index in [-0.39, 0.29) is 11.8 Å². The molecule has 126 valence electrons. The van der Waals surface area contributed by atoms with Gasteiger partial charge in [-0.1, -0.05) is 13.8 Å². The number of aromatic amines is 1. The van der Waals surface area contributed by atoms with Gasteiger partial charge in [0.2, 0.25) is 0 Å². The number of amides is 2. The minimum absolute atomic E-state index is 0.211. The maximum absolute atomic E-state index is 12.3. The number of benzene rings is 1. The zero-order chi connectivity index (χ0) is 17.3. The lowest BCUT2D eigenvalue weighted by Crippen LogP contribution is -2.34. The molecule has 0 spiro atoms. The summed E-state index contributed by atoms with van der Waals surface area (Å²) >= 11 is 0. The molecule has 1 aliphatic heterocycles. The third-order valence-corrected chi connectivity index (χ3v) is 3.66. The number of carbonyl (C=O) groups is 2. The first kappa shape index (κ1) is 16.0. The van der Waals surface area contributed by atoms with Crippen LogP contribution in [-0.4, -0.2) is 28.1 Å². The summed E-state index contributed by atoms with van der Waals surface area (Å²) in [5.74, 6) is 0.543. The Hall–Kier alpha value is -2.83. The highest BCUT2D eigenvalue weighted by Gasteiger charge is 2.23. The van der Waals surface area contributed by atoms with E-state index >= 15 is 0 Å². The van der Waals surface area contributed by atoms with Crippen LogP contribution in [-0.2, 0) is 11.2 Å². The summed E-state index contributed by atoms with van der Waals surface area (Å²) in [6.45, 7) is 5.89. The molecule has 3 N–H and O–H groups in total. The summed E-state index contributed by atoms with van der Waals surface area (Å²) in [7, 11) is 0. The number of ether oxygens (including phenoxy) is 1. The number of anilines is 2. The number of hydrogen-bond acceptors (Lipinski definition) is 4. The van der Waals surface area contributed by atoms with Gasteiger partial charge in [-0.25, -0.2) is 0 Å². The van der Waals surface area contributed by atoms with Gasteiger partial charge in [0.25, 0.3) is 11.8 Å². The molecule has 1 aromatic carbocycles. The van der Waals surface area contributed by atoms with Crippen molar-refractivity contribution in [2.75, 3.05) is 10.6 Å². The highest BCUT2D eigenvalue weighted by molar-refractivity contribution is 6.04. The van der Waals surface area contributed by atoms with Crippen LogP contribution in [0.4, 0.5) is 11.4 Å². The Kier molecular flexibility index (Phi) is 4.24. The normalized spacial score (nSPS) is 16.3. The van der Waals surface area contributed by atoms with Crippen molar-refractivity contribution in [3.8, 4) is 5.75 Å². The van der Waals surface area contributed by atoms with E-state index in [0.717, 1.165) is 12.1 Å². The van der Waals surface area contributed by atoms with Gasteiger partial charge in [0.1, 0.15) is 5.75 Å². The van der Waals surface area contributed by atoms with E-state index < -0.39 is 6.10 Å². The van der Waals surface area contributed by atoms with E-state index in [0.29, 0.717) is 28.7 Å². The zero-order valence-corrected chi connectivity index (χ0v) is 13.8. The van der Waals surface area contributed by atoms with Gasteiger partial charge < -0.3 is 15.4 Å². The second-order valence-corrected chi connectivity index (χ2v) is 6.29. The largest absolute Gasteiger partial charge is 0.479 e. The summed E-state index contributed by atoms with van der Waals surface area (Å²) in [6, 6.07) is 6.86. The molecule has 24 heavy (non-hydrogen) atoms. The Balaban J connectivity index is 1.72. The Bertz CT molecular complexity index is 782. The topological polar surface area (TPSA) is 96.1 Å². The molecule has 3 rings (SSSR count). The smallest absolute Gasteiger partial charge is 0.276 e. The lowest BCUT2D eigenvalue weighted by atomic mass is 10.1. The van der Waals surface area contributed by atoms with Crippen LogP contribution < -0.4 is 15.4 Å². The molecule has 1 aromatic heterocycles. The lowest BCUT2D eigenvalue weighted by molar-refractivity contribution is -0.122. The lowest BCUT2D eigenvalue weighted by Gasteiger charge is -2.23. The van der Waals surface area contributed by atoms with Crippen LogP contribution >= 0.6 is 0 Å². The number of H-pyrrole nitrogens is 1. The van der Waals surface area contributed by atoms with Crippen molar-refractivity contribution in [3.05, 3.63) is 35.7 Å². The van der Waals surface area contributed by atoms with Crippen molar-refractivity contribution >= 4 is 23.2 Å². The van der Waals surface area contributed by atoms with Crippen LogP contribution in [0.3, 0.4) is 0 Å². The van der Waals surface area contributed by atoms with E-state index in [1.165, 1.54) is 0 Å². The minimum atomic E-state index is -0.527. The van der Waals surface area contributed by atoms with Crippen LogP contribution in [0, 0.1) is 5.92 Å². The number of nitrogens with one attached hydrogen (secondary N) is 3. The number of rotatable bonds is 4. The maximum atomic E-state index is 12.3. The van der Waals surface area contributed by atoms with Gasteiger partial charge in [-0.2, -0.15) is 5.10 Å². The molecule has 0 fully saturated rings. The predicted octanol–water partition coefficient (Wildman–Crippen LogP) is 2.58. The van der Waals surface area contributed by atoms with Crippen LogP contribution in [0.15, 0.2) is 24.3 Å². The molecule has 0 saturated carbocycles. The monoisotopic (exact) mass is 328 g/mol. The number of nitrogens with zero attached hydrogens (tertiary/aromatic N) is 1. The van der Waals surface area contributed by atoms with E-state index in [4.69, 9.17) is 4.74 Å². The van der Waals surface area contributed by atoms with Crippen molar-refractivity contribution in [1.29, 1.82) is 0 Å². The average Bonchev–Trinajstić information content (AvgIpc) is 2.96. The average molecular weight is 328 g/mol. The molecule has 2 heterocycles. The van der Waals surface area contributed by atoms with Gasteiger partial charge in [0.05, 0.1) is 5.69 Å². The Morgan fingerprint density at radius 2 is 2.17 bits per heavy atom. The first-order chi connectivity index (χ1) is 11.4. The molecule has 0 aliphatic carbocycles. The molecule has 7 heteroatoms. The number of carbonyl (C=O) groups excluding carboxylic acids is 2. The van der Waals surface area contributed by atoms with E-state index in [9.17, 15) is 9.59 Å². The van der Waals surface area contributed by atoms with E-state index in [2.05, 4.69) is 34.7 Å². The number of aromatic nitrogens is 2. The third-order valence-electron chi connectivity index (χ3n) is 3.66. The molecule has 0 saturated heterocycles. The van der Waals surface area contributed by atoms with Crippen molar-refractivity contribution in [3.63, 3.8) is 0 Å². The summed E-state index contributed by atoms with van der Waals surface area (Å²) in [5, 5.41) is 12.4. The van der Waals surface area contributed by atoms with Crippen molar-refractivity contribution in [1.82, 2.24) is 10.2 Å². The molecule has 7 nitrogen and oxygen atoms in total. The Morgan fingerprint density at radius 3 is 2.92 bits per heavy atom. The fourth-order valence-electron chi connectivity index (χ4n) is 2.50. The predicted molar refractivity (Wildman–Crippen MR) is 90.2 cm³/mol. The molecular weight excluding hydrogens is 308 g/mol. The molecule has 2 amide bonds. The molecule has 1 atom stereocenters. The van der Waals surface area contributed by atoms with Gasteiger partial charge in [-0.15, -0.1) is 0 Å². The summed E-state index contributed by atoms with van der Waals surface area (Å²) in [4.78, 5) is 24.0. The van der Waals surface area contributed by atoms with Crippen LogP contribution in [0.2, 0.25) is 0 Å². The quantitative estimate of drug-likeness (QED) is 0.804. The molecule has 2 aromatic rings. The molecule has 1 aliphatic rings. The van der Waals surface area contributed by atoms with Gasteiger partial charge in [-0.05, 0) is 43.5 Å². The molecule has 0 radical (unpaired) electrons. The van der Waals surface area contributed by atoms with Crippen molar-refractivity contribution in [2.45, 2.75) is 33.3 Å².